The normalized spacial score (nSPS) is 40.9. The summed E-state index contributed by atoms with van der Waals surface area (Å²) in [6, 6.07) is 0.638. The molecule has 3 heteroatoms. The van der Waals surface area contributed by atoms with Crippen LogP contribution in [0.5, 0.6) is 0 Å². The molecule has 2 saturated heterocycles. The van der Waals surface area contributed by atoms with E-state index in [2.05, 4.69) is 17.1 Å². The van der Waals surface area contributed by atoms with E-state index in [0.29, 0.717) is 6.04 Å². The van der Waals surface area contributed by atoms with Crippen LogP contribution in [0.1, 0.15) is 38.5 Å². The van der Waals surface area contributed by atoms with Gasteiger partial charge in [-0.2, -0.15) is 11.8 Å². The third kappa shape index (κ3) is 2.14. The van der Waals surface area contributed by atoms with Crippen LogP contribution in [0, 0.1) is 5.92 Å². The summed E-state index contributed by atoms with van der Waals surface area (Å²) in [5, 5.41) is 3.74. The van der Waals surface area contributed by atoms with Crippen molar-refractivity contribution in [1.29, 1.82) is 0 Å². The van der Waals surface area contributed by atoms with Crippen molar-refractivity contribution in [2.75, 3.05) is 24.7 Å². The lowest BCUT2D eigenvalue weighted by molar-refractivity contribution is -0.0943. The third-order valence-electron chi connectivity index (χ3n) is 4.55. The van der Waals surface area contributed by atoms with Gasteiger partial charge in [0.05, 0.1) is 12.2 Å². The van der Waals surface area contributed by atoms with Crippen molar-refractivity contribution in [2.24, 2.45) is 5.92 Å². The minimum Gasteiger partial charge on any atom is -0.371 e. The van der Waals surface area contributed by atoms with Gasteiger partial charge in [0, 0.05) is 18.3 Å². The summed E-state index contributed by atoms with van der Waals surface area (Å²) >= 11 is 2.09. The first kappa shape index (κ1) is 11.4. The maximum Gasteiger partial charge on any atom is 0.0925 e. The van der Waals surface area contributed by atoms with Gasteiger partial charge in [-0.15, -0.1) is 0 Å². The van der Waals surface area contributed by atoms with E-state index in [1.54, 1.807) is 0 Å². The minimum absolute atomic E-state index is 0.191. The highest BCUT2D eigenvalue weighted by Gasteiger charge is 2.44. The average Bonchev–Trinajstić information content (AvgIpc) is 2.27. The smallest absolute Gasteiger partial charge is 0.0925 e. The molecule has 2 unspecified atom stereocenters. The summed E-state index contributed by atoms with van der Waals surface area (Å²) in [7, 11) is 0. The van der Waals surface area contributed by atoms with Crippen LogP contribution >= 0.6 is 11.8 Å². The van der Waals surface area contributed by atoms with Crippen LogP contribution in [-0.4, -0.2) is 36.3 Å². The molecule has 2 atom stereocenters. The fourth-order valence-corrected chi connectivity index (χ4v) is 4.58. The Bertz CT molecular complexity index is 228. The number of thioether (sulfide) groups is 1. The Balaban J connectivity index is 1.66. The molecular formula is C13H23NOS. The van der Waals surface area contributed by atoms with Crippen molar-refractivity contribution >= 4 is 11.8 Å². The molecule has 16 heavy (non-hydrogen) atoms. The van der Waals surface area contributed by atoms with Crippen LogP contribution in [-0.2, 0) is 4.74 Å². The molecule has 92 valence electrons. The fraction of sp³-hybridized carbons (Fsp3) is 1.00. The molecule has 1 spiro atoms. The van der Waals surface area contributed by atoms with Gasteiger partial charge in [-0.1, -0.05) is 19.3 Å². The van der Waals surface area contributed by atoms with E-state index in [1.165, 1.54) is 50.0 Å². The summed E-state index contributed by atoms with van der Waals surface area (Å²) in [6.07, 6.45) is 8.36. The quantitative estimate of drug-likeness (QED) is 0.802. The van der Waals surface area contributed by atoms with Gasteiger partial charge in [0.25, 0.3) is 0 Å². The zero-order valence-electron chi connectivity index (χ0n) is 10.0. The highest BCUT2D eigenvalue weighted by Crippen LogP contribution is 2.39. The van der Waals surface area contributed by atoms with Gasteiger partial charge in [-0.05, 0) is 30.9 Å². The van der Waals surface area contributed by atoms with Crippen molar-refractivity contribution in [2.45, 2.75) is 50.2 Å². The van der Waals surface area contributed by atoms with Crippen LogP contribution in [0.3, 0.4) is 0 Å². The zero-order chi connectivity index (χ0) is 10.8. The van der Waals surface area contributed by atoms with Crippen molar-refractivity contribution < 1.29 is 4.74 Å². The van der Waals surface area contributed by atoms with Crippen molar-refractivity contribution in [3.63, 3.8) is 0 Å². The van der Waals surface area contributed by atoms with Crippen molar-refractivity contribution in [1.82, 2.24) is 5.32 Å². The first-order chi connectivity index (χ1) is 7.89. The second-order valence-electron chi connectivity index (χ2n) is 5.61. The Morgan fingerprint density at radius 1 is 1.31 bits per heavy atom. The van der Waals surface area contributed by atoms with E-state index >= 15 is 0 Å². The molecule has 0 radical (unpaired) electrons. The summed E-state index contributed by atoms with van der Waals surface area (Å²) in [5.41, 5.74) is 0.191. The van der Waals surface area contributed by atoms with Crippen LogP contribution in [0.15, 0.2) is 0 Å². The SMILES string of the molecule is C1CC(CC2NCCOC23CCCSC3)C1. The molecule has 0 aromatic heterocycles. The predicted octanol–water partition coefficient (Wildman–Crippen LogP) is 2.43. The van der Waals surface area contributed by atoms with E-state index in [-0.39, 0.29) is 5.60 Å². The molecule has 2 heterocycles. The number of morpholine rings is 1. The first-order valence-corrected chi connectivity index (χ1v) is 8.00. The van der Waals surface area contributed by atoms with Gasteiger partial charge >= 0.3 is 0 Å². The van der Waals surface area contributed by atoms with Crippen LogP contribution in [0.4, 0.5) is 0 Å². The predicted molar refractivity (Wildman–Crippen MR) is 69.0 cm³/mol. The Labute approximate surface area is 103 Å². The second kappa shape index (κ2) is 4.87. The molecule has 0 amide bonds. The van der Waals surface area contributed by atoms with Crippen molar-refractivity contribution in [3.05, 3.63) is 0 Å². The van der Waals surface area contributed by atoms with Crippen molar-refractivity contribution in [3.8, 4) is 0 Å². The zero-order valence-corrected chi connectivity index (χ0v) is 10.9. The molecule has 1 N–H and O–H groups in total. The van der Waals surface area contributed by atoms with Gasteiger partial charge in [-0.25, -0.2) is 0 Å². The number of ether oxygens (including phenoxy) is 1. The lowest BCUT2D eigenvalue weighted by Crippen LogP contribution is -2.61. The summed E-state index contributed by atoms with van der Waals surface area (Å²) < 4.78 is 6.21. The molecule has 1 saturated carbocycles. The largest absolute Gasteiger partial charge is 0.371 e. The molecule has 2 nitrogen and oxygen atoms in total. The highest BCUT2D eigenvalue weighted by atomic mass is 32.2. The summed E-state index contributed by atoms with van der Waals surface area (Å²) in [5.74, 6) is 3.54. The van der Waals surface area contributed by atoms with E-state index in [0.717, 1.165) is 19.1 Å². The lowest BCUT2D eigenvalue weighted by Gasteiger charge is -2.48. The number of hydrogen-bond donors (Lipinski definition) is 1. The molecule has 0 bridgehead atoms. The monoisotopic (exact) mass is 241 g/mol. The molecule has 3 aliphatic rings. The highest BCUT2D eigenvalue weighted by molar-refractivity contribution is 7.99. The first-order valence-electron chi connectivity index (χ1n) is 6.84. The summed E-state index contributed by atoms with van der Waals surface area (Å²) in [6.45, 7) is 1.98. The molecule has 0 aromatic rings. The van der Waals surface area contributed by atoms with Crippen LogP contribution in [0.2, 0.25) is 0 Å². The van der Waals surface area contributed by atoms with Gasteiger partial charge in [0.1, 0.15) is 0 Å². The van der Waals surface area contributed by atoms with Crippen LogP contribution < -0.4 is 5.32 Å². The number of rotatable bonds is 2. The number of hydrogen-bond acceptors (Lipinski definition) is 3. The molecular weight excluding hydrogens is 218 g/mol. The maximum absolute atomic E-state index is 6.21. The summed E-state index contributed by atoms with van der Waals surface area (Å²) in [4.78, 5) is 0. The Morgan fingerprint density at radius 3 is 2.94 bits per heavy atom. The Morgan fingerprint density at radius 2 is 2.25 bits per heavy atom. The van der Waals surface area contributed by atoms with E-state index in [1.807, 2.05) is 0 Å². The number of nitrogens with one attached hydrogen (secondary N) is 1. The molecule has 2 aliphatic heterocycles. The Hall–Kier alpha value is 0.270. The molecule has 1 aliphatic carbocycles. The maximum atomic E-state index is 6.21. The fourth-order valence-electron chi connectivity index (χ4n) is 3.31. The molecule has 3 fully saturated rings. The van der Waals surface area contributed by atoms with Gasteiger partial charge in [0.15, 0.2) is 0 Å². The van der Waals surface area contributed by atoms with E-state index in [4.69, 9.17) is 4.74 Å². The lowest BCUT2D eigenvalue weighted by atomic mass is 9.76. The van der Waals surface area contributed by atoms with E-state index in [9.17, 15) is 0 Å². The van der Waals surface area contributed by atoms with Gasteiger partial charge < -0.3 is 10.1 Å². The van der Waals surface area contributed by atoms with Gasteiger partial charge in [0.2, 0.25) is 0 Å². The molecule has 3 rings (SSSR count). The standard InChI is InChI=1S/C13H23NOS/c1-3-11(4-1)9-12-13(15-7-6-14-12)5-2-8-16-10-13/h11-12,14H,1-10H2. The molecule has 0 aromatic carbocycles. The Kier molecular flexibility index (Phi) is 3.46. The van der Waals surface area contributed by atoms with Gasteiger partial charge in [-0.3, -0.25) is 0 Å². The topological polar surface area (TPSA) is 21.3 Å². The average molecular weight is 241 g/mol. The van der Waals surface area contributed by atoms with Crippen LogP contribution in [0.25, 0.3) is 0 Å². The minimum atomic E-state index is 0.191. The third-order valence-corrected chi connectivity index (χ3v) is 5.82. The second-order valence-corrected chi connectivity index (χ2v) is 6.71. The van der Waals surface area contributed by atoms with E-state index < -0.39 is 0 Å².